The molecule has 1 heterocycles. The lowest BCUT2D eigenvalue weighted by Crippen LogP contribution is -2.18. The Kier molecular flexibility index (Phi) is 3.89. The zero-order chi connectivity index (χ0) is 13.1. The Morgan fingerprint density at radius 3 is 2.89 bits per heavy atom. The van der Waals surface area contributed by atoms with Crippen molar-refractivity contribution < 1.29 is 4.79 Å². The number of nitrogens with one attached hydrogen (secondary N) is 1. The highest BCUT2D eigenvalue weighted by Gasteiger charge is 2.08. The number of halogens is 2. The molecule has 0 saturated carbocycles. The summed E-state index contributed by atoms with van der Waals surface area (Å²) in [4.78, 5) is 15.7. The van der Waals surface area contributed by atoms with Crippen molar-refractivity contribution in [3.05, 3.63) is 46.5 Å². The molecule has 4 nitrogen and oxygen atoms in total. The zero-order valence-corrected chi connectivity index (χ0v) is 11.2. The fraction of sp³-hybridized carbons (Fsp3) is 0.167. The smallest absolute Gasteiger partial charge is 0.244 e. The first-order valence-corrected chi connectivity index (χ1v) is 6.04. The summed E-state index contributed by atoms with van der Waals surface area (Å²) in [7, 11) is 0. The topological polar surface area (TPSA) is 46.9 Å². The van der Waals surface area contributed by atoms with E-state index < -0.39 is 0 Å². The minimum absolute atomic E-state index is 0.116. The van der Waals surface area contributed by atoms with Crippen molar-refractivity contribution >= 4 is 34.8 Å². The van der Waals surface area contributed by atoms with Gasteiger partial charge in [0.2, 0.25) is 11.2 Å². The van der Waals surface area contributed by atoms with Gasteiger partial charge in [-0.05, 0) is 36.2 Å². The van der Waals surface area contributed by atoms with E-state index in [1.54, 1.807) is 29.1 Å². The van der Waals surface area contributed by atoms with Crippen molar-refractivity contribution in [2.45, 2.75) is 13.5 Å². The number of carbonyl (C=O) groups excluding carboxylic acids is 1. The number of aromatic nitrogens is 2. The first-order valence-electron chi connectivity index (χ1n) is 5.29. The molecule has 94 valence electrons. The predicted octanol–water partition coefficient (Wildman–Crippen LogP) is 3.14. The molecule has 0 aliphatic heterocycles. The van der Waals surface area contributed by atoms with E-state index in [0.29, 0.717) is 10.7 Å². The molecule has 1 aromatic heterocycles. The Morgan fingerprint density at radius 1 is 1.44 bits per heavy atom. The number of aryl methyl sites for hydroxylation is 1. The van der Waals surface area contributed by atoms with Gasteiger partial charge >= 0.3 is 0 Å². The molecule has 1 aromatic carbocycles. The lowest BCUT2D eigenvalue weighted by molar-refractivity contribution is -0.116. The maximum absolute atomic E-state index is 11.8. The Balaban J connectivity index is 2.08. The summed E-state index contributed by atoms with van der Waals surface area (Å²) in [6, 6.07) is 5.34. The second-order valence-electron chi connectivity index (χ2n) is 3.83. The molecule has 6 heteroatoms. The van der Waals surface area contributed by atoms with E-state index in [4.69, 9.17) is 23.2 Å². The van der Waals surface area contributed by atoms with Crippen LogP contribution in [0, 0.1) is 6.92 Å². The maximum Gasteiger partial charge on any atom is 0.244 e. The number of benzene rings is 1. The van der Waals surface area contributed by atoms with Gasteiger partial charge in [-0.3, -0.25) is 4.79 Å². The monoisotopic (exact) mass is 283 g/mol. The van der Waals surface area contributed by atoms with Crippen molar-refractivity contribution in [2.24, 2.45) is 0 Å². The second-order valence-corrected chi connectivity index (χ2v) is 4.61. The van der Waals surface area contributed by atoms with E-state index in [9.17, 15) is 4.79 Å². The van der Waals surface area contributed by atoms with Crippen LogP contribution >= 0.6 is 23.2 Å². The number of imidazole rings is 1. The average Bonchev–Trinajstić information content (AvgIpc) is 2.70. The van der Waals surface area contributed by atoms with Crippen molar-refractivity contribution in [3.63, 3.8) is 0 Å². The van der Waals surface area contributed by atoms with Crippen LogP contribution in [0.4, 0.5) is 5.69 Å². The molecule has 0 bridgehead atoms. The van der Waals surface area contributed by atoms with Gasteiger partial charge in [0.05, 0.1) is 0 Å². The van der Waals surface area contributed by atoms with Crippen molar-refractivity contribution in [1.82, 2.24) is 9.55 Å². The third kappa shape index (κ3) is 3.03. The van der Waals surface area contributed by atoms with E-state index in [1.807, 2.05) is 13.0 Å². The molecule has 0 saturated heterocycles. The van der Waals surface area contributed by atoms with Gasteiger partial charge in [-0.1, -0.05) is 17.7 Å². The van der Waals surface area contributed by atoms with Gasteiger partial charge in [0.15, 0.2) is 0 Å². The summed E-state index contributed by atoms with van der Waals surface area (Å²) in [5, 5.41) is 3.65. The van der Waals surface area contributed by atoms with E-state index in [2.05, 4.69) is 10.3 Å². The van der Waals surface area contributed by atoms with Crippen LogP contribution in [0.15, 0.2) is 30.6 Å². The molecule has 1 amide bonds. The average molecular weight is 284 g/mol. The number of carbonyl (C=O) groups is 1. The summed E-state index contributed by atoms with van der Waals surface area (Å²) in [5.74, 6) is -0.180. The van der Waals surface area contributed by atoms with Crippen LogP contribution < -0.4 is 5.32 Å². The molecule has 0 spiro atoms. The van der Waals surface area contributed by atoms with Crippen LogP contribution in [0.5, 0.6) is 0 Å². The van der Waals surface area contributed by atoms with Gasteiger partial charge in [0.25, 0.3) is 0 Å². The molecule has 1 N–H and O–H groups in total. The summed E-state index contributed by atoms with van der Waals surface area (Å²) >= 11 is 11.7. The number of hydrogen-bond acceptors (Lipinski definition) is 2. The number of amides is 1. The third-order valence-corrected chi connectivity index (χ3v) is 3.00. The minimum atomic E-state index is -0.180. The summed E-state index contributed by atoms with van der Waals surface area (Å²) in [6.07, 6.45) is 3.19. The van der Waals surface area contributed by atoms with Crippen molar-refractivity contribution in [1.29, 1.82) is 0 Å². The largest absolute Gasteiger partial charge is 0.324 e. The summed E-state index contributed by atoms with van der Waals surface area (Å²) in [6.45, 7) is 2.01. The van der Waals surface area contributed by atoms with Gasteiger partial charge in [0, 0.05) is 23.1 Å². The lowest BCUT2D eigenvalue weighted by Gasteiger charge is -2.09. The van der Waals surface area contributed by atoms with Gasteiger partial charge < -0.3 is 9.88 Å². The van der Waals surface area contributed by atoms with Crippen LogP contribution in [0.3, 0.4) is 0 Å². The molecule has 2 aromatic rings. The molecular formula is C12H11Cl2N3O. The highest BCUT2D eigenvalue weighted by molar-refractivity contribution is 6.31. The van der Waals surface area contributed by atoms with Crippen LogP contribution in [0.1, 0.15) is 5.56 Å². The van der Waals surface area contributed by atoms with E-state index in [1.165, 1.54) is 0 Å². The first-order chi connectivity index (χ1) is 8.56. The number of rotatable bonds is 3. The molecule has 0 aliphatic carbocycles. The third-order valence-electron chi connectivity index (χ3n) is 2.45. The normalized spacial score (nSPS) is 10.4. The molecule has 0 radical (unpaired) electrons. The van der Waals surface area contributed by atoms with Gasteiger partial charge in [-0.25, -0.2) is 4.98 Å². The Hall–Kier alpha value is -1.52. The summed E-state index contributed by atoms with van der Waals surface area (Å²) in [5.41, 5.74) is 1.65. The Morgan fingerprint density at radius 2 is 2.22 bits per heavy atom. The van der Waals surface area contributed by atoms with E-state index in [0.717, 1.165) is 5.56 Å². The number of hydrogen-bond donors (Lipinski definition) is 1. The second kappa shape index (κ2) is 5.42. The summed E-state index contributed by atoms with van der Waals surface area (Å²) < 4.78 is 1.55. The van der Waals surface area contributed by atoms with Gasteiger partial charge in [-0.15, -0.1) is 0 Å². The van der Waals surface area contributed by atoms with Crippen LogP contribution in [0.2, 0.25) is 10.3 Å². The lowest BCUT2D eigenvalue weighted by atomic mass is 10.2. The Bertz CT molecular complexity index is 580. The molecule has 2 rings (SSSR count). The molecule has 0 atom stereocenters. The number of nitrogens with zero attached hydrogens (tertiary/aromatic N) is 2. The fourth-order valence-electron chi connectivity index (χ4n) is 1.50. The van der Waals surface area contributed by atoms with Crippen LogP contribution in [0.25, 0.3) is 0 Å². The van der Waals surface area contributed by atoms with Gasteiger partial charge in [-0.2, -0.15) is 0 Å². The minimum Gasteiger partial charge on any atom is -0.324 e. The zero-order valence-electron chi connectivity index (χ0n) is 9.65. The Labute approximate surface area is 115 Å². The molecule has 0 unspecified atom stereocenters. The number of anilines is 1. The predicted molar refractivity (Wildman–Crippen MR) is 72.1 cm³/mol. The highest BCUT2D eigenvalue weighted by Crippen LogP contribution is 2.20. The van der Waals surface area contributed by atoms with Crippen LogP contribution in [-0.2, 0) is 11.3 Å². The SMILES string of the molecule is Cc1ccc(Cl)cc1NC(=O)Cn1ccnc1Cl. The van der Waals surface area contributed by atoms with Gasteiger partial charge in [0.1, 0.15) is 6.54 Å². The fourth-order valence-corrected chi connectivity index (χ4v) is 1.85. The molecule has 0 fully saturated rings. The van der Waals surface area contributed by atoms with E-state index >= 15 is 0 Å². The first kappa shape index (κ1) is 12.9. The van der Waals surface area contributed by atoms with Crippen molar-refractivity contribution in [3.8, 4) is 0 Å². The standard InChI is InChI=1S/C12H11Cl2N3O/c1-8-2-3-9(13)6-10(8)16-11(18)7-17-5-4-15-12(17)14/h2-6H,7H2,1H3,(H,16,18). The highest BCUT2D eigenvalue weighted by atomic mass is 35.5. The molecular weight excluding hydrogens is 273 g/mol. The molecule has 18 heavy (non-hydrogen) atoms. The van der Waals surface area contributed by atoms with E-state index in [-0.39, 0.29) is 17.7 Å². The molecule has 0 aliphatic rings. The maximum atomic E-state index is 11.8. The van der Waals surface area contributed by atoms with Crippen LogP contribution in [-0.4, -0.2) is 15.5 Å². The quantitative estimate of drug-likeness (QED) is 0.941. The van der Waals surface area contributed by atoms with Crippen molar-refractivity contribution in [2.75, 3.05) is 5.32 Å².